The van der Waals surface area contributed by atoms with Crippen molar-refractivity contribution in [3.8, 4) is 17.3 Å². The highest BCUT2D eigenvalue weighted by molar-refractivity contribution is 5.81. The van der Waals surface area contributed by atoms with E-state index >= 15 is 0 Å². The quantitative estimate of drug-likeness (QED) is 0.695. The standard InChI is InChI=1S/C22H27N6O/c1-2-5-16(6-3-1)15-29-22-19-14-24-27-21(19)25-20(26-22)17-7-4-8-18(13-17)28-11-9-23-10-12-28/h4,8,13-14,16,23H,1-3,5-6,9-12,15H2,(H,24,25,26,27). The van der Waals surface area contributed by atoms with E-state index in [1.165, 1.54) is 37.8 Å². The molecule has 2 fully saturated rings. The number of hydrogen-bond donors (Lipinski definition) is 2. The van der Waals surface area contributed by atoms with Crippen molar-refractivity contribution in [2.45, 2.75) is 32.1 Å². The van der Waals surface area contributed by atoms with Gasteiger partial charge in [0.05, 0.1) is 12.8 Å². The molecule has 5 rings (SSSR count). The van der Waals surface area contributed by atoms with Gasteiger partial charge in [-0.05, 0) is 37.0 Å². The van der Waals surface area contributed by atoms with Crippen LogP contribution >= 0.6 is 0 Å². The molecule has 1 saturated heterocycles. The van der Waals surface area contributed by atoms with Gasteiger partial charge >= 0.3 is 0 Å². The first-order valence-corrected chi connectivity index (χ1v) is 10.7. The molecule has 7 nitrogen and oxygen atoms in total. The predicted octanol–water partition coefficient (Wildman–Crippen LogP) is 3.19. The van der Waals surface area contributed by atoms with Gasteiger partial charge in [0, 0.05) is 37.4 Å². The predicted molar refractivity (Wildman–Crippen MR) is 113 cm³/mol. The summed E-state index contributed by atoms with van der Waals surface area (Å²) in [6.45, 7) is 4.72. The Morgan fingerprint density at radius 2 is 2.00 bits per heavy atom. The molecule has 3 aromatic rings. The van der Waals surface area contributed by atoms with E-state index in [0.29, 0.717) is 29.9 Å². The number of anilines is 1. The number of benzene rings is 1. The number of H-pyrrole nitrogens is 1. The molecule has 0 bridgehead atoms. The van der Waals surface area contributed by atoms with E-state index < -0.39 is 0 Å². The Morgan fingerprint density at radius 3 is 2.86 bits per heavy atom. The van der Waals surface area contributed by atoms with Crippen molar-refractivity contribution in [3.63, 3.8) is 0 Å². The number of piperazine rings is 1. The lowest BCUT2D eigenvalue weighted by Gasteiger charge is -2.29. The summed E-state index contributed by atoms with van der Waals surface area (Å²) in [5.41, 5.74) is 2.76. The van der Waals surface area contributed by atoms with E-state index in [4.69, 9.17) is 9.72 Å². The van der Waals surface area contributed by atoms with Crippen LogP contribution in [0.5, 0.6) is 5.88 Å². The fourth-order valence-electron chi connectivity index (χ4n) is 4.29. The van der Waals surface area contributed by atoms with E-state index in [1.807, 2.05) is 6.07 Å². The molecule has 1 aliphatic carbocycles. The third kappa shape index (κ3) is 4.05. The van der Waals surface area contributed by atoms with Crippen LogP contribution < -0.4 is 15.0 Å². The summed E-state index contributed by atoms with van der Waals surface area (Å²) in [4.78, 5) is 11.8. The zero-order chi connectivity index (χ0) is 19.5. The van der Waals surface area contributed by atoms with Gasteiger partial charge in [0.15, 0.2) is 11.5 Å². The molecule has 0 unspecified atom stereocenters. The largest absolute Gasteiger partial charge is 0.477 e. The van der Waals surface area contributed by atoms with Crippen molar-refractivity contribution >= 4 is 16.7 Å². The molecule has 1 saturated carbocycles. The summed E-state index contributed by atoms with van der Waals surface area (Å²) in [7, 11) is 0. The highest BCUT2D eigenvalue weighted by Crippen LogP contribution is 2.29. The Balaban J connectivity index is 1.42. The average molecular weight is 391 g/mol. The zero-order valence-corrected chi connectivity index (χ0v) is 16.7. The molecule has 1 aliphatic heterocycles. The minimum Gasteiger partial charge on any atom is -0.477 e. The van der Waals surface area contributed by atoms with Crippen LogP contribution in [0.1, 0.15) is 32.1 Å². The van der Waals surface area contributed by atoms with E-state index in [1.54, 1.807) is 6.20 Å². The lowest BCUT2D eigenvalue weighted by Crippen LogP contribution is -2.43. The summed E-state index contributed by atoms with van der Waals surface area (Å²) in [6, 6.07) is 9.47. The molecule has 0 amide bonds. The summed E-state index contributed by atoms with van der Waals surface area (Å²) >= 11 is 0. The third-order valence-corrected chi connectivity index (χ3v) is 5.96. The summed E-state index contributed by atoms with van der Waals surface area (Å²) in [5.74, 6) is 1.86. The molecule has 0 spiro atoms. The van der Waals surface area contributed by atoms with Crippen LogP contribution in [0.2, 0.25) is 0 Å². The molecule has 151 valence electrons. The number of rotatable bonds is 5. The van der Waals surface area contributed by atoms with Crippen LogP contribution in [0.3, 0.4) is 0 Å². The first kappa shape index (κ1) is 18.4. The average Bonchev–Trinajstić information content (AvgIpc) is 3.28. The summed E-state index contributed by atoms with van der Waals surface area (Å²) < 4.78 is 6.18. The minimum absolute atomic E-state index is 0.616. The van der Waals surface area contributed by atoms with Gasteiger partial charge in [-0.15, -0.1) is 0 Å². The molecule has 0 atom stereocenters. The molecule has 2 aliphatic rings. The lowest BCUT2D eigenvalue weighted by atomic mass is 9.90. The maximum atomic E-state index is 6.18. The highest BCUT2D eigenvalue weighted by atomic mass is 16.5. The van der Waals surface area contributed by atoms with E-state index in [0.717, 1.165) is 37.1 Å². The van der Waals surface area contributed by atoms with Crippen molar-refractivity contribution in [1.29, 1.82) is 0 Å². The molecule has 1 aromatic carbocycles. The zero-order valence-electron chi connectivity index (χ0n) is 16.7. The Bertz CT molecular complexity index is 959. The van der Waals surface area contributed by atoms with Gasteiger partial charge in [0.25, 0.3) is 0 Å². The van der Waals surface area contributed by atoms with Gasteiger partial charge in [0.2, 0.25) is 5.88 Å². The molecular weight excluding hydrogens is 364 g/mol. The van der Waals surface area contributed by atoms with Crippen molar-refractivity contribution in [2.75, 3.05) is 37.7 Å². The molecule has 1 radical (unpaired) electrons. The van der Waals surface area contributed by atoms with Gasteiger partial charge in [0.1, 0.15) is 5.39 Å². The fourth-order valence-corrected chi connectivity index (χ4v) is 4.29. The smallest absolute Gasteiger partial charge is 0.228 e. The first-order chi connectivity index (χ1) is 14.4. The van der Waals surface area contributed by atoms with Crippen molar-refractivity contribution in [2.24, 2.45) is 5.92 Å². The van der Waals surface area contributed by atoms with E-state index in [9.17, 15) is 0 Å². The van der Waals surface area contributed by atoms with Gasteiger partial charge in [-0.3, -0.25) is 5.10 Å². The summed E-state index contributed by atoms with van der Waals surface area (Å²) in [5, 5.41) is 11.4. The van der Waals surface area contributed by atoms with E-state index in [2.05, 4.69) is 43.6 Å². The van der Waals surface area contributed by atoms with Crippen molar-refractivity contribution in [1.82, 2.24) is 25.5 Å². The summed E-state index contributed by atoms with van der Waals surface area (Å²) in [6.07, 6.45) is 8.19. The molecular formula is C22H27N6O. The van der Waals surface area contributed by atoms with Crippen molar-refractivity contribution < 1.29 is 4.74 Å². The maximum absolute atomic E-state index is 6.18. The third-order valence-electron chi connectivity index (χ3n) is 5.96. The Morgan fingerprint density at radius 1 is 1.14 bits per heavy atom. The normalized spacial score (nSPS) is 18.3. The van der Waals surface area contributed by atoms with Gasteiger partial charge in [-0.25, -0.2) is 4.98 Å². The number of nitrogens with zero attached hydrogens (tertiary/aromatic N) is 4. The maximum Gasteiger partial charge on any atom is 0.228 e. The monoisotopic (exact) mass is 391 g/mol. The number of hydrogen-bond acceptors (Lipinski definition) is 6. The number of aromatic amines is 1. The molecule has 7 heteroatoms. The Hall–Kier alpha value is -2.67. The number of fused-ring (bicyclic) bond motifs is 1. The van der Waals surface area contributed by atoms with Crippen LogP contribution in [0.25, 0.3) is 22.4 Å². The fraction of sp³-hybridized carbons (Fsp3) is 0.500. The minimum atomic E-state index is 0.616. The van der Waals surface area contributed by atoms with Gasteiger partial charge in [-0.1, -0.05) is 25.3 Å². The van der Waals surface area contributed by atoms with Crippen LogP contribution in [0.4, 0.5) is 5.69 Å². The first-order valence-electron chi connectivity index (χ1n) is 10.7. The van der Waals surface area contributed by atoms with E-state index in [-0.39, 0.29) is 0 Å². The van der Waals surface area contributed by atoms with Crippen LogP contribution in [0, 0.1) is 12.0 Å². The number of aromatic nitrogens is 4. The van der Waals surface area contributed by atoms with Crippen LogP contribution in [-0.2, 0) is 0 Å². The van der Waals surface area contributed by atoms with Crippen LogP contribution in [-0.4, -0.2) is 53.0 Å². The topological polar surface area (TPSA) is 79.0 Å². The Kier molecular flexibility index (Phi) is 5.30. The molecule has 2 aromatic heterocycles. The van der Waals surface area contributed by atoms with Crippen LogP contribution in [0.15, 0.2) is 24.4 Å². The highest BCUT2D eigenvalue weighted by Gasteiger charge is 2.18. The lowest BCUT2D eigenvalue weighted by molar-refractivity contribution is 0.205. The second kappa shape index (κ2) is 8.37. The molecule has 3 heterocycles. The second-order valence-corrected chi connectivity index (χ2v) is 8.00. The van der Waals surface area contributed by atoms with Gasteiger partial charge in [-0.2, -0.15) is 10.1 Å². The molecule has 2 N–H and O–H groups in total. The second-order valence-electron chi connectivity index (χ2n) is 8.00. The molecule has 29 heavy (non-hydrogen) atoms. The van der Waals surface area contributed by atoms with Gasteiger partial charge < -0.3 is 15.0 Å². The van der Waals surface area contributed by atoms with Crippen molar-refractivity contribution in [3.05, 3.63) is 30.5 Å². The SMILES string of the molecule is [c]1ccc(N2CCNCC2)cc1-c1nc(OCC2CCCCC2)c2cn[nH]c2n1. The number of nitrogens with one attached hydrogen (secondary N) is 2. The Labute approximate surface area is 170 Å². The number of ether oxygens (including phenoxy) is 1.